The summed E-state index contributed by atoms with van der Waals surface area (Å²) in [5.74, 6) is 0. The Morgan fingerprint density at radius 1 is 1.29 bits per heavy atom. The van der Waals surface area contributed by atoms with Crippen LogP contribution >= 0.6 is 34.5 Å². The van der Waals surface area contributed by atoms with Crippen molar-refractivity contribution in [1.82, 2.24) is 15.6 Å². The SMILES string of the molecule is CC(NC(=O)NCc1csc(C(C)(C)C)n1)c1ccc(Cl)c(Cl)c1. The van der Waals surface area contributed by atoms with Gasteiger partial charge in [0.05, 0.1) is 33.3 Å². The van der Waals surface area contributed by atoms with Crippen LogP contribution in [0.3, 0.4) is 0 Å². The van der Waals surface area contributed by atoms with Gasteiger partial charge in [-0.3, -0.25) is 0 Å². The molecule has 0 saturated carbocycles. The van der Waals surface area contributed by atoms with E-state index in [4.69, 9.17) is 23.2 Å². The van der Waals surface area contributed by atoms with Gasteiger partial charge < -0.3 is 10.6 Å². The number of thiazole rings is 1. The molecule has 130 valence electrons. The zero-order chi connectivity index (χ0) is 17.9. The van der Waals surface area contributed by atoms with Crippen LogP contribution < -0.4 is 10.6 Å². The van der Waals surface area contributed by atoms with Crippen LogP contribution in [0.2, 0.25) is 10.0 Å². The van der Waals surface area contributed by atoms with Crippen molar-refractivity contribution >= 4 is 40.6 Å². The van der Waals surface area contributed by atoms with Crippen LogP contribution in [0.1, 0.15) is 50.0 Å². The predicted octanol–water partition coefficient (Wildman–Crippen LogP) is 5.31. The minimum Gasteiger partial charge on any atom is -0.332 e. The van der Waals surface area contributed by atoms with E-state index in [2.05, 4.69) is 36.4 Å². The number of amides is 2. The van der Waals surface area contributed by atoms with E-state index in [9.17, 15) is 4.79 Å². The summed E-state index contributed by atoms with van der Waals surface area (Å²) >= 11 is 13.5. The number of hydrogen-bond acceptors (Lipinski definition) is 3. The van der Waals surface area contributed by atoms with Gasteiger partial charge in [-0.1, -0.05) is 50.0 Å². The predicted molar refractivity (Wildman–Crippen MR) is 101 cm³/mol. The molecule has 0 bridgehead atoms. The van der Waals surface area contributed by atoms with Gasteiger partial charge in [0.25, 0.3) is 0 Å². The third-order valence-corrected chi connectivity index (χ3v) is 5.47. The fourth-order valence-corrected chi connectivity index (χ4v) is 3.23. The highest BCUT2D eigenvalue weighted by atomic mass is 35.5. The van der Waals surface area contributed by atoms with E-state index >= 15 is 0 Å². The second-order valence-electron chi connectivity index (χ2n) is 6.62. The summed E-state index contributed by atoms with van der Waals surface area (Å²) in [5.41, 5.74) is 1.78. The minimum absolute atomic E-state index is 0.0214. The number of aromatic nitrogens is 1. The molecule has 0 aliphatic carbocycles. The second-order valence-corrected chi connectivity index (χ2v) is 8.29. The Morgan fingerprint density at radius 3 is 2.58 bits per heavy atom. The third-order valence-electron chi connectivity index (χ3n) is 3.41. The molecule has 2 N–H and O–H groups in total. The largest absolute Gasteiger partial charge is 0.332 e. The van der Waals surface area contributed by atoms with Gasteiger partial charge in [0.2, 0.25) is 0 Å². The average molecular weight is 386 g/mol. The molecule has 0 radical (unpaired) electrons. The lowest BCUT2D eigenvalue weighted by atomic mass is 9.98. The van der Waals surface area contributed by atoms with Crippen molar-refractivity contribution in [2.45, 2.75) is 45.7 Å². The summed E-state index contributed by atoms with van der Waals surface area (Å²) in [6.07, 6.45) is 0. The van der Waals surface area contributed by atoms with E-state index in [1.165, 1.54) is 0 Å². The lowest BCUT2D eigenvalue weighted by Crippen LogP contribution is -2.36. The van der Waals surface area contributed by atoms with Crippen molar-refractivity contribution in [1.29, 1.82) is 0 Å². The molecule has 24 heavy (non-hydrogen) atoms. The topological polar surface area (TPSA) is 54.0 Å². The Labute approximate surface area is 156 Å². The molecule has 0 aliphatic rings. The van der Waals surface area contributed by atoms with Crippen molar-refractivity contribution in [2.24, 2.45) is 0 Å². The summed E-state index contributed by atoms with van der Waals surface area (Å²) in [7, 11) is 0. The van der Waals surface area contributed by atoms with Crippen LogP contribution in [-0.2, 0) is 12.0 Å². The zero-order valence-corrected chi connectivity index (χ0v) is 16.4. The monoisotopic (exact) mass is 385 g/mol. The maximum absolute atomic E-state index is 12.1. The smallest absolute Gasteiger partial charge is 0.315 e. The maximum Gasteiger partial charge on any atom is 0.315 e. The van der Waals surface area contributed by atoms with E-state index in [0.29, 0.717) is 16.6 Å². The maximum atomic E-state index is 12.1. The number of nitrogens with one attached hydrogen (secondary N) is 2. The van der Waals surface area contributed by atoms with Crippen molar-refractivity contribution in [3.8, 4) is 0 Å². The summed E-state index contributed by atoms with van der Waals surface area (Å²) in [6, 6.07) is 4.89. The summed E-state index contributed by atoms with van der Waals surface area (Å²) < 4.78 is 0. The number of rotatable bonds is 4. The van der Waals surface area contributed by atoms with E-state index in [1.807, 2.05) is 18.4 Å². The molecule has 0 spiro atoms. The molecular weight excluding hydrogens is 365 g/mol. The number of benzene rings is 1. The van der Waals surface area contributed by atoms with Gasteiger partial charge in [-0.25, -0.2) is 9.78 Å². The highest BCUT2D eigenvalue weighted by Crippen LogP contribution is 2.26. The quantitative estimate of drug-likeness (QED) is 0.748. The number of hydrogen-bond donors (Lipinski definition) is 2. The molecule has 0 saturated heterocycles. The summed E-state index contributed by atoms with van der Waals surface area (Å²) in [4.78, 5) is 16.6. The normalized spacial score (nSPS) is 12.8. The first-order chi connectivity index (χ1) is 11.2. The van der Waals surface area contributed by atoms with Crippen LogP contribution in [-0.4, -0.2) is 11.0 Å². The molecule has 2 rings (SSSR count). The van der Waals surface area contributed by atoms with Crippen LogP contribution in [0.15, 0.2) is 23.6 Å². The van der Waals surface area contributed by atoms with Crippen LogP contribution in [0, 0.1) is 0 Å². The van der Waals surface area contributed by atoms with E-state index in [1.54, 1.807) is 23.5 Å². The fraction of sp³-hybridized carbons (Fsp3) is 0.412. The van der Waals surface area contributed by atoms with Crippen molar-refractivity contribution in [2.75, 3.05) is 0 Å². The van der Waals surface area contributed by atoms with Gasteiger partial charge >= 0.3 is 6.03 Å². The molecule has 0 fully saturated rings. The lowest BCUT2D eigenvalue weighted by molar-refractivity contribution is 0.237. The Kier molecular flexibility index (Phi) is 6.12. The molecular formula is C17H21Cl2N3OS. The van der Waals surface area contributed by atoms with E-state index in [0.717, 1.165) is 16.3 Å². The second kappa shape index (κ2) is 7.72. The standard InChI is InChI=1S/C17H21Cl2N3OS/c1-10(11-5-6-13(18)14(19)7-11)21-16(23)20-8-12-9-24-15(22-12)17(2,3)4/h5-7,9-10H,8H2,1-4H3,(H2,20,21,23). The minimum atomic E-state index is -0.251. The van der Waals surface area contributed by atoms with Gasteiger partial charge in [0.15, 0.2) is 0 Å². The fourth-order valence-electron chi connectivity index (χ4n) is 2.02. The van der Waals surface area contributed by atoms with E-state index < -0.39 is 0 Å². The molecule has 1 heterocycles. The molecule has 0 aliphatic heterocycles. The summed E-state index contributed by atoms with van der Waals surface area (Å²) in [5, 5.41) is 9.70. The number of nitrogens with zero attached hydrogens (tertiary/aromatic N) is 1. The van der Waals surface area contributed by atoms with Gasteiger partial charge in [0, 0.05) is 10.8 Å². The molecule has 1 atom stereocenters. The number of urea groups is 1. The van der Waals surface area contributed by atoms with Crippen LogP contribution in [0.5, 0.6) is 0 Å². The zero-order valence-electron chi connectivity index (χ0n) is 14.1. The number of carbonyl (C=O) groups excluding carboxylic acids is 1. The highest BCUT2D eigenvalue weighted by Gasteiger charge is 2.18. The van der Waals surface area contributed by atoms with Crippen LogP contribution in [0.25, 0.3) is 0 Å². The van der Waals surface area contributed by atoms with Gasteiger partial charge in [0.1, 0.15) is 0 Å². The van der Waals surface area contributed by atoms with Crippen molar-refractivity contribution < 1.29 is 4.79 Å². The molecule has 1 aromatic carbocycles. The number of halogens is 2. The number of carbonyl (C=O) groups is 1. The average Bonchev–Trinajstić information content (AvgIpc) is 2.97. The van der Waals surface area contributed by atoms with Gasteiger partial charge in [-0.15, -0.1) is 11.3 Å². The van der Waals surface area contributed by atoms with Gasteiger partial charge in [-0.05, 0) is 24.6 Å². The van der Waals surface area contributed by atoms with Gasteiger partial charge in [-0.2, -0.15) is 0 Å². The first-order valence-electron chi connectivity index (χ1n) is 7.61. The summed E-state index contributed by atoms with van der Waals surface area (Å²) in [6.45, 7) is 8.64. The van der Waals surface area contributed by atoms with Crippen molar-refractivity contribution in [3.05, 3.63) is 49.9 Å². The Bertz CT molecular complexity index is 725. The molecule has 1 aromatic heterocycles. The lowest BCUT2D eigenvalue weighted by Gasteiger charge is -2.15. The third kappa shape index (κ3) is 5.10. The Morgan fingerprint density at radius 2 is 2.00 bits per heavy atom. The first kappa shape index (κ1) is 19.0. The van der Waals surface area contributed by atoms with Crippen LogP contribution in [0.4, 0.5) is 4.79 Å². The highest BCUT2D eigenvalue weighted by molar-refractivity contribution is 7.09. The first-order valence-corrected chi connectivity index (χ1v) is 9.24. The molecule has 7 heteroatoms. The Hall–Kier alpha value is -1.30. The molecule has 4 nitrogen and oxygen atoms in total. The molecule has 1 unspecified atom stereocenters. The molecule has 2 aromatic rings. The van der Waals surface area contributed by atoms with E-state index in [-0.39, 0.29) is 17.5 Å². The van der Waals surface area contributed by atoms with Crippen molar-refractivity contribution in [3.63, 3.8) is 0 Å². The Balaban J connectivity index is 1.88. The molecule has 2 amide bonds.